The smallest absolute Gasteiger partial charge is 0.285 e. The Morgan fingerprint density at radius 1 is 1.36 bits per heavy atom. The number of aromatic nitrogens is 3. The number of azo groups is 1. The first-order valence-corrected chi connectivity index (χ1v) is 6.96. The van der Waals surface area contributed by atoms with Gasteiger partial charge in [-0.15, -0.1) is 10.2 Å². The van der Waals surface area contributed by atoms with Crippen molar-refractivity contribution >= 4 is 33.9 Å². The average molecular weight is 318 g/mol. The molecule has 3 aromatic rings. The molecule has 3 N–H and O–H groups in total. The fourth-order valence-electron chi connectivity index (χ4n) is 2.08. The van der Waals surface area contributed by atoms with Crippen LogP contribution in [-0.2, 0) is 6.42 Å². The van der Waals surface area contributed by atoms with Crippen LogP contribution in [0.15, 0.2) is 39.4 Å². The molecule has 0 saturated carbocycles. The maximum atomic E-state index is 11.4. The Balaban J connectivity index is 2.10. The maximum Gasteiger partial charge on any atom is 0.285 e. The van der Waals surface area contributed by atoms with Crippen molar-refractivity contribution in [2.24, 2.45) is 10.2 Å². The van der Waals surface area contributed by atoms with Gasteiger partial charge in [-0.1, -0.05) is 24.6 Å². The minimum atomic E-state index is -0.547. The monoisotopic (exact) mass is 317 g/mol. The van der Waals surface area contributed by atoms with Crippen molar-refractivity contribution in [1.29, 1.82) is 0 Å². The second-order valence-electron chi connectivity index (χ2n) is 4.65. The second kappa shape index (κ2) is 5.61. The number of hydrogen-bond donors (Lipinski definition) is 3. The van der Waals surface area contributed by atoms with Crippen LogP contribution < -0.4 is 5.56 Å². The standard InChI is InChI=1S/C14H12ClN5O2/c1-2-7-3-4-9-8(5-7)12(14(22)17-9)19-18-10-6-16-20-13(21)11(10)15/h3-6,17,22H,2H2,1H3,(H,20,21). The largest absolute Gasteiger partial charge is 0.493 e. The molecule has 2 heterocycles. The summed E-state index contributed by atoms with van der Waals surface area (Å²) in [6, 6.07) is 5.77. The van der Waals surface area contributed by atoms with Crippen LogP contribution in [0.2, 0.25) is 5.02 Å². The Kier molecular flexibility index (Phi) is 3.64. The molecule has 2 aromatic heterocycles. The Labute approximate surface area is 129 Å². The molecule has 8 heteroatoms. The van der Waals surface area contributed by atoms with Gasteiger partial charge >= 0.3 is 0 Å². The predicted octanol–water partition coefficient (Wildman–Crippen LogP) is 3.59. The van der Waals surface area contributed by atoms with Crippen molar-refractivity contribution in [3.05, 3.63) is 45.3 Å². The molecule has 0 aliphatic carbocycles. The van der Waals surface area contributed by atoms with Crippen LogP contribution in [0.25, 0.3) is 10.9 Å². The fraction of sp³-hybridized carbons (Fsp3) is 0.143. The third kappa shape index (κ3) is 2.46. The van der Waals surface area contributed by atoms with Crippen molar-refractivity contribution in [2.45, 2.75) is 13.3 Å². The molecule has 0 atom stereocenters. The highest BCUT2D eigenvalue weighted by Gasteiger charge is 2.11. The zero-order valence-electron chi connectivity index (χ0n) is 11.6. The number of aryl methyl sites for hydroxylation is 1. The average Bonchev–Trinajstić information content (AvgIpc) is 2.83. The highest BCUT2D eigenvalue weighted by molar-refractivity contribution is 6.32. The van der Waals surface area contributed by atoms with Gasteiger partial charge in [-0.3, -0.25) is 4.79 Å². The van der Waals surface area contributed by atoms with Crippen molar-refractivity contribution in [3.8, 4) is 5.88 Å². The molecule has 7 nitrogen and oxygen atoms in total. The topological polar surface area (TPSA) is 106 Å². The van der Waals surface area contributed by atoms with E-state index < -0.39 is 5.56 Å². The molecule has 112 valence electrons. The maximum absolute atomic E-state index is 11.4. The summed E-state index contributed by atoms with van der Waals surface area (Å²) >= 11 is 5.83. The molecule has 0 aliphatic heterocycles. The van der Waals surface area contributed by atoms with Gasteiger partial charge in [-0.25, -0.2) is 5.10 Å². The van der Waals surface area contributed by atoms with Crippen LogP contribution in [0.5, 0.6) is 5.88 Å². The molecule has 0 saturated heterocycles. The van der Waals surface area contributed by atoms with Gasteiger partial charge in [0, 0.05) is 5.39 Å². The Bertz CT molecular complexity index is 929. The molecular formula is C14H12ClN5O2. The number of benzene rings is 1. The highest BCUT2D eigenvalue weighted by atomic mass is 35.5. The van der Waals surface area contributed by atoms with Gasteiger partial charge < -0.3 is 10.1 Å². The lowest BCUT2D eigenvalue weighted by atomic mass is 10.1. The van der Waals surface area contributed by atoms with Crippen LogP contribution in [-0.4, -0.2) is 20.3 Å². The minimum absolute atomic E-state index is 0.0964. The van der Waals surface area contributed by atoms with Gasteiger partial charge in [-0.2, -0.15) is 5.10 Å². The quantitative estimate of drug-likeness (QED) is 0.642. The number of aromatic hydroxyl groups is 1. The third-order valence-corrected chi connectivity index (χ3v) is 3.62. The summed E-state index contributed by atoms with van der Waals surface area (Å²) < 4.78 is 0. The van der Waals surface area contributed by atoms with E-state index in [2.05, 4.69) is 25.4 Å². The zero-order valence-corrected chi connectivity index (χ0v) is 12.3. The number of fused-ring (bicyclic) bond motifs is 1. The number of halogens is 1. The molecule has 0 fully saturated rings. The van der Waals surface area contributed by atoms with Gasteiger partial charge in [0.05, 0.1) is 11.7 Å². The Hall–Kier alpha value is -2.67. The first kappa shape index (κ1) is 14.3. The van der Waals surface area contributed by atoms with Gasteiger partial charge in [0.15, 0.2) is 5.69 Å². The van der Waals surface area contributed by atoms with E-state index in [0.717, 1.165) is 22.9 Å². The van der Waals surface area contributed by atoms with Gasteiger partial charge in [0.25, 0.3) is 5.56 Å². The zero-order chi connectivity index (χ0) is 15.7. The molecule has 0 spiro atoms. The summed E-state index contributed by atoms with van der Waals surface area (Å²) in [6.07, 6.45) is 2.15. The fourth-order valence-corrected chi connectivity index (χ4v) is 2.21. The van der Waals surface area contributed by atoms with E-state index in [9.17, 15) is 9.90 Å². The molecule has 1 aromatic carbocycles. The summed E-state index contributed by atoms with van der Waals surface area (Å²) in [5, 5.41) is 24.3. The second-order valence-corrected chi connectivity index (χ2v) is 5.03. The summed E-state index contributed by atoms with van der Waals surface area (Å²) in [4.78, 5) is 14.2. The number of nitrogens with zero attached hydrogens (tertiary/aromatic N) is 3. The molecule has 0 bridgehead atoms. The lowest BCUT2D eigenvalue weighted by Crippen LogP contribution is -2.06. The summed E-state index contributed by atoms with van der Waals surface area (Å²) in [6.45, 7) is 2.04. The van der Waals surface area contributed by atoms with Crippen LogP contribution in [0, 0.1) is 0 Å². The summed E-state index contributed by atoms with van der Waals surface area (Å²) in [5.74, 6) is -0.0964. The summed E-state index contributed by atoms with van der Waals surface area (Å²) in [5.41, 5.74) is 1.74. The minimum Gasteiger partial charge on any atom is -0.493 e. The number of H-pyrrole nitrogens is 2. The third-order valence-electron chi connectivity index (χ3n) is 3.26. The first-order chi connectivity index (χ1) is 10.6. The molecule has 22 heavy (non-hydrogen) atoms. The van der Waals surface area contributed by atoms with E-state index in [1.165, 1.54) is 6.20 Å². The van der Waals surface area contributed by atoms with Crippen LogP contribution >= 0.6 is 11.6 Å². The normalized spacial score (nSPS) is 11.5. The van der Waals surface area contributed by atoms with Gasteiger partial charge in [-0.05, 0) is 24.1 Å². The van der Waals surface area contributed by atoms with E-state index >= 15 is 0 Å². The SMILES string of the molecule is CCc1ccc2[nH]c(O)c(N=Nc3cn[nH]c(=O)c3Cl)c2c1. The number of aromatic amines is 2. The molecule has 0 radical (unpaired) electrons. The lowest BCUT2D eigenvalue weighted by Gasteiger charge is -1.97. The van der Waals surface area contributed by atoms with Crippen molar-refractivity contribution < 1.29 is 5.11 Å². The van der Waals surface area contributed by atoms with Crippen molar-refractivity contribution in [2.75, 3.05) is 0 Å². The Morgan fingerprint density at radius 2 is 2.18 bits per heavy atom. The van der Waals surface area contributed by atoms with Crippen LogP contribution in [0.1, 0.15) is 12.5 Å². The lowest BCUT2D eigenvalue weighted by molar-refractivity contribution is 0.459. The predicted molar refractivity (Wildman–Crippen MR) is 83.4 cm³/mol. The van der Waals surface area contributed by atoms with Gasteiger partial charge in [0.1, 0.15) is 10.7 Å². The van der Waals surface area contributed by atoms with E-state index in [-0.39, 0.29) is 16.6 Å². The number of hydrogen-bond acceptors (Lipinski definition) is 5. The first-order valence-electron chi connectivity index (χ1n) is 6.58. The molecular weight excluding hydrogens is 306 g/mol. The Morgan fingerprint density at radius 3 is 2.95 bits per heavy atom. The molecule has 0 amide bonds. The van der Waals surface area contributed by atoms with Crippen LogP contribution in [0.4, 0.5) is 11.4 Å². The number of nitrogens with one attached hydrogen (secondary N) is 2. The number of rotatable bonds is 3. The highest BCUT2D eigenvalue weighted by Crippen LogP contribution is 2.37. The van der Waals surface area contributed by atoms with E-state index in [1.54, 1.807) is 0 Å². The molecule has 3 rings (SSSR count). The van der Waals surface area contributed by atoms with Gasteiger partial charge in [0.2, 0.25) is 5.88 Å². The van der Waals surface area contributed by atoms with E-state index in [1.807, 2.05) is 25.1 Å². The molecule has 0 aliphatic rings. The van der Waals surface area contributed by atoms with Crippen LogP contribution in [0.3, 0.4) is 0 Å². The van der Waals surface area contributed by atoms with E-state index in [0.29, 0.717) is 5.69 Å². The van der Waals surface area contributed by atoms with Crippen molar-refractivity contribution in [3.63, 3.8) is 0 Å². The van der Waals surface area contributed by atoms with E-state index in [4.69, 9.17) is 11.6 Å². The summed E-state index contributed by atoms with van der Waals surface area (Å²) in [7, 11) is 0. The molecule has 0 unspecified atom stereocenters. The van der Waals surface area contributed by atoms with Crippen molar-refractivity contribution in [1.82, 2.24) is 15.2 Å².